The van der Waals surface area contributed by atoms with Gasteiger partial charge in [-0.2, -0.15) is 0 Å². The molecule has 0 saturated carbocycles. The van der Waals surface area contributed by atoms with E-state index in [0.717, 1.165) is 37.3 Å². The first-order valence-electron chi connectivity index (χ1n) is 7.14. The molecule has 3 rings (SSSR count). The zero-order valence-electron chi connectivity index (χ0n) is 12.3. The Bertz CT molecular complexity index is 631. The van der Waals surface area contributed by atoms with E-state index in [9.17, 15) is 0 Å². The van der Waals surface area contributed by atoms with Crippen molar-refractivity contribution in [1.82, 2.24) is 9.88 Å². The molecule has 3 nitrogen and oxygen atoms in total. The van der Waals surface area contributed by atoms with Gasteiger partial charge in [0.25, 0.3) is 0 Å². The van der Waals surface area contributed by atoms with Crippen LogP contribution in [0.4, 0.5) is 0 Å². The van der Waals surface area contributed by atoms with Crippen LogP contribution in [0.25, 0.3) is 10.9 Å². The summed E-state index contributed by atoms with van der Waals surface area (Å²) in [5.41, 5.74) is 2.13. The zero-order chi connectivity index (χ0) is 14.9. The maximum absolute atomic E-state index is 4.49. The van der Waals surface area contributed by atoms with Gasteiger partial charge in [0.15, 0.2) is 0 Å². The smallest absolute Gasteiger partial charge is 0.0854 e. The molecule has 0 unspecified atom stereocenters. The predicted octanol–water partition coefficient (Wildman–Crippen LogP) is 3.48. The van der Waals surface area contributed by atoms with Crippen molar-refractivity contribution >= 4 is 17.2 Å². The van der Waals surface area contributed by atoms with Crippen LogP contribution < -0.4 is 0 Å². The van der Waals surface area contributed by atoms with Gasteiger partial charge in [0, 0.05) is 30.6 Å². The molecule has 2 heterocycles. The lowest BCUT2D eigenvalue weighted by Gasteiger charge is -2.08. The van der Waals surface area contributed by atoms with E-state index in [1.165, 1.54) is 5.39 Å². The summed E-state index contributed by atoms with van der Waals surface area (Å²) in [6.45, 7) is 10.3. The SMILES string of the molecule is C=CCN1C=NCC1.C=CCc1ccc2ccccc2n1. The fraction of sp³-hybridized carbons (Fsp3) is 0.222. The van der Waals surface area contributed by atoms with E-state index in [0.29, 0.717) is 0 Å². The van der Waals surface area contributed by atoms with Gasteiger partial charge in [-0.25, -0.2) is 0 Å². The van der Waals surface area contributed by atoms with E-state index in [1.807, 2.05) is 42.8 Å². The topological polar surface area (TPSA) is 28.5 Å². The number of para-hydroxylation sites is 1. The third-order valence-corrected chi connectivity index (χ3v) is 3.13. The van der Waals surface area contributed by atoms with E-state index in [4.69, 9.17) is 0 Å². The number of fused-ring (bicyclic) bond motifs is 1. The third-order valence-electron chi connectivity index (χ3n) is 3.13. The molecule has 0 amide bonds. The van der Waals surface area contributed by atoms with Crippen molar-refractivity contribution < 1.29 is 0 Å². The highest BCUT2D eigenvalue weighted by molar-refractivity contribution is 5.78. The fourth-order valence-corrected chi connectivity index (χ4v) is 2.09. The average Bonchev–Trinajstić information content (AvgIpc) is 3.02. The number of pyridine rings is 1. The van der Waals surface area contributed by atoms with E-state index >= 15 is 0 Å². The Hall–Kier alpha value is -2.42. The molecular formula is C18H21N3. The Balaban J connectivity index is 0.000000173. The Morgan fingerprint density at radius 3 is 2.67 bits per heavy atom. The molecule has 0 spiro atoms. The number of rotatable bonds is 4. The molecule has 0 aliphatic carbocycles. The van der Waals surface area contributed by atoms with E-state index in [-0.39, 0.29) is 0 Å². The molecule has 0 N–H and O–H groups in total. The van der Waals surface area contributed by atoms with Crippen molar-refractivity contribution in [3.63, 3.8) is 0 Å². The average molecular weight is 279 g/mol. The number of hydrogen-bond donors (Lipinski definition) is 0. The number of allylic oxidation sites excluding steroid dienone is 1. The van der Waals surface area contributed by atoms with E-state index in [2.05, 4.69) is 40.2 Å². The Morgan fingerprint density at radius 1 is 1.10 bits per heavy atom. The molecule has 0 atom stereocenters. The molecule has 0 radical (unpaired) electrons. The largest absolute Gasteiger partial charge is 0.357 e. The molecule has 108 valence electrons. The van der Waals surface area contributed by atoms with Crippen molar-refractivity contribution in [1.29, 1.82) is 0 Å². The van der Waals surface area contributed by atoms with Crippen LogP contribution in [-0.4, -0.2) is 35.9 Å². The zero-order valence-corrected chi connectivity index (χ0v) is 12.3. The summed E-state index contributed by atoms with van der Waals surface area (Å²) in [5.74, 6) is 0. The van der Waals surface area contributed by atoms with Gasteiger partial charge < -0.3 is 4.90 Å². The lowest BCUT2D eigenvalue weighted by Crippen LogP contribution is -2.18. The van der Waals surface area contributed by atoms with Gasteiger partial charge in [0.05, 0.1) is 18.4 Å². The van der Waals surface area contributed by atoms with Crippen LogP contribution in [0.5, 0.6) is 0 Å². The maximum atomic E-state index is 4.49. The predicted molar refractivity (Wildman–Crippen MR) is 90.8 cm³/mol. The second-order valence-electron chi connectivity index (χ2n) is 4.79. The molecule has 3 heteroatoms. The van der Waals surface area contributed by atoms with Crippen LogP contribution in [0, 0.1) is 0 Å². The van der Waals surface area contributed by atoms with Crippen LogP contribution in [-0.2, 0) is 6.42 Å². The van der Waals surface area contributed by atoms with Gasteiger partial charge in [-0.1, -0.05) is 36.4 Å². The van der Waals surface area contributed by atoms with Crippen LogP contribution in [0.2, 0.25) is 0 Å². The lowest BCUT2D eigenvalue weighted by molar-refractivity contribution is 0.519. The first-order valence-corrected chi connectivity index (χ1v) is 7.14. The monoisotopic (exact) mass is 279 g/mol. The molecular weight excluding hydrogens is 258 g/mol. The minimum absolute atomic E-state index is 0.838. The van der Waals surface area contributed by atoms with E-state index < -0.39 is 0 Å². The molecule has 21 heavy (non-hydrogen) atoms. The van der Waals surface area contributed by atoms with Crippen molar-refractivity contribution in [2.24, 2.45) is 4.99 Å². The highest BCUT2D eigenvalue weighted by Crippen LogP contribution is 2.11. The summed E-state index contributed by atoms with van der Waals surface area (Å²) in [7, 11) is 0. The van der Waals surface area contributed by atoms with Crippen LogP contribution in [0.1, 0.15) is 5.69 Å². The number of aromatic nitrogens is 1. The van der Waals surface area contributed by atoms with Gasteiger partial charge in [0.2, 0.25) is 0 Å². The van der Waals surface area contributed by atoms with E-state index in [1.54, 1.807) is 0 Å². The Kier molecular flexibility index (Phi) is 5.71. The standard InChI is InChI=1S/C12H11N.C6H10N2/c1-2-5-11-9-8-10-6-3-4-7-12(10)13-11;1-2-4-8-5-3-7-6-8/h2-4,6-9H,1,5H2;2,6H,1,3-5H2. The summed E-state index contributed by atoms with van der Waals surface area (Å²) in [5, 5.41) is 1.19. The highest BCUT2D eigenvalue weighted by atomic mass is 15.2. The van der Waals surface area contributed by atoms with Crippen LogP contribution in [0.3, 0.4) is 0 Å². The van der Waals surface area contributed by atoms with Crippen LogP contribution in [0.15, 0.2) is 66.7 Å². The van der Waals surface area contributed by atoms with Gasteiger partial charge >= 0.3 is 0 Å². The Labute approximate surface area is 126 Å². The number of aliphatic imine (C=N–C) groups is 1. The van der Waals surface area contributed by atoms with Crippen molar-refractivity contribution in [3.05, 3.63) is 67.4 Å². The van der Waals surface area contributed by atoms with Gasteiger partial charge in [-0.15, -0.1) is 13.2 Å². The third kappa shape index (κ3) is 4.56. The number of nitrogens with zero attached hydrogens (tertiary/aromatic N) is 3. The van der Waals surface area contributed by atoms with Gasteiger partial charge in [0.1, 0.15) is 0 Å². The summed E-state index contributed by atoms with van der Waals surface area (Å²) in [6, 6.07) is 12.3. The molecule has 0 bridgehead atoms. The summed E-state index contributed by atoms with van der Waals surface area (Å²) >= 11 is 0. The Morgan fingerprint density at radius 2 is 1.95 bits per heavy atom. The summed E-state index contributed by atoms with van der Waals surface area (Å²) in [6.07, 6.45) is 6.47. The summed E-state index contributed by atoms with van der Waals surface area (Å²) in [4.78, 5) is 10.7. The second-order valence-corrected chi connectivity index (χ2v) is 4.79. The minimum atomic E-state index is 0.838. The second kappa shape index (κ2) is 8.00. The quantitative estimate of drug-likeness (QED) is 0.802. The number of hydrogen-bond acceptors (Lipinski definition) is 3. The summed E-state index contributed by atoms with van der Waals surface area (Å²) < 4.78 is 0. The molecule has 1 aromatic heterocycles. The van der Waals surface area contributed by atoms with Gasteiger partial charge in [-0.05, 0) is 12.1 Å². The molecule has 1 aliphatic heterocycles. The molecule has 0 saturated heterocycles. The molecule has 2 aromatic rings. The van der Waals surface area contributed by atoms with Crippen LogP contribution >= 0.6 is 0 Å². The molecule has 1 aromatic carbocycles. The number of benzene rings is 1. The normalized spacial score (nSPS) is 12.9. The molecule has 0 fully saturated rings. The first-order chi connectivity index (χ1) is 10.3. The van der Waals surface area contributed by atoms with Crippen molar-refractivity contribution in [3.8, 4) is 0 Å². The van der Waals surface area contributed by atoms with Crippen molar-refractivity contribution in [2.75, 3.05) is 19.6 Å². The molecule has 1 aliphatic rings. The first kappa shape index (κ1) is 15.0. The lowest BCUT2D eigenvalue weighted by atomic mass is 10.2. The van der Waals surface area contributed by atoms with Gasteiger partial charge in [-0.3, -0.25) is 9.98 Å². The maximum Gasteiger partial charge on any atom is 0.0854 e. The van der Waals surface area contributed by atoms with Crippen molar-refractivity contribution in [2.45, 2.75) is 6.42 Å². The highest BCUT2D eigenvalue weighted by Gasteiger charge is 2.00. The minimum Gasteiger partial charge on any atom is -0.357 e. The fourth-order valence-electron chi connectivity index (χ4n) is 2.09.